The van der Waals surface area contributed by atoms with Crippen LogP contribution in [-0.4, -0.2) is 0 Å². The van der Waals surface area contributed by atoms with E-state index >= 15 is 0 Å². The Morgan fingerprint density at radius 1 is 0.254 bits per heavy atom. The number of hydrogen-bond donors (Lipinski definition) is 0. The monoisotopic (exact) mass is 800 g/mol. The average molecular weight is 801 g/mol. The van der Waals surface area contributed by atoms with E-state index in [4.69, 9.17) is 0 Å². The highest BCUT2D eigenvalue weighted by Crippen LogP contribution is 2.66. The maximum atomic E-state index is 2.54. The summed E-state index contributed by atoms with van der Waals surface area (Å²) in [5.41, 5.74) is 16.6. The van der Waals surface area contributed by atoms with Gasteiger partial charge in [-0.3, -0.25) is 0 Å². The molecule has 2 heteroatoms. The maximum absolute atomic E-state index is 2.54. The highest BCUT2D eigenvalue weighted by atomic mass is 15.2. The predicted octanol–water partition coefficient (Wildman–Crippen LogP) is 16.4. The van der Waals surface area contributed by atoms with Crippen LogP contribution in [0, 0.1) is 0 Å². The van der Waals surface area contributed by atoms with E-state index in [0.29, 0.717) is 0 Å². The van der Waals surface area contributed by atoms with E-state index in [1.165, 1.54) is 76.8 Å². The van der Waals surface area contributed by atoms with Gasteiger partial charge in [0.05, 0.1) is 16.8 Å². The van der Waals surface area contributed by atoms with Crippen LogP contribution in [-0.2, 0) is 5.41 Å². The number of rotatable bonds is 6. The third-order valence-corrected chi connectivity index (χ3v) is 13.6. The predicted molar refractivity (Wildman–Crippen MR) is 265 cm³/mol. The molecule has 0 fully saturated rings. The third-order valence-electron chi connectivity index (χ3n) is 13.6. The SMILES string of the molecule is c1ccc(N(c2ccc3ccccc3c2)c2cccc3c2-c2ccccc2C32c3ccccc3-c3c2cc(N(c2ccccc2)c2ccc4ccccc4c2)c2ccccc32)cc1. The molecule has 0 aliphatic heterocycles. The third kappa shape index (κ3) is 5.19. The molecule has 2 aliphatic rings. The van der Waals surface area contributed by atoms with Crippen LogP contribution < -0.4 is 9.80 Å². The molecule has 1 spiro atoms. The number of hydrogen-bond acceptors (Lipinski definition) is 2. The molecule has 11 aromatic rings. The van der Waals surface area contributed by atoms with Crippen LogP contribution in [0.2, 0.25) is 0 Å². The second kappa shape index (κ2) is 13.9. The molecule has 2 aliphatic carbocycles. The molecule has 13 rings (SSSR count). The van der Waals surface area contributed by atoms with Gasteiger partial charge in [-0.1, -0.05) is 182 Å². The highest BCUT2D eigenvalue weighted by Gasteiger charge is 2.53. The van der Waals surface area contributed by atoms with Gasteiger partial charge in [0.1, 0.15) is 0 Å². The van der Waals surface area contributed by atoms with Crippen LogP contribution in [0.25, 0.3) is 54.6 Å². The molecule has 0 N–H and O–H groups in total. The lowest BCUT2D eigenvalue weighted by Gasteiger charge is -2.33. The summed E-state index contributed by atoms with van der Waals surface area (Å²) in [4.78, 5) is 4.94. The molecular formula is C61H40N2. The van der Waals surface area contributed by atoms with Gasteiger partial charge in [0.25, 0.3) is 0 Å². The van der Waals surface area contributed by atoms with Gasteiger partial charge in [-0.2, -0.15) is 0 Å². The van der Waals surface area contributed by atoms with E-state index in [1.807, 2.05) is 0 Å². The first-order valence-electron chi connectivity index (χ1n) is 21.8. The minimum absolute atomic E-state index is 0.593. The number of anilines is 6. The van der Waals surface area contributed by atoms with E-state index in [0.717, 1.165) is 34.1 Å². The van der Waals surface area contributed by atoms with E-state index < -0.39 is 5.41 Å². The summed E-state index contributed by atoms with van der Waals surface area (Å²) in [7, 11) is 0. The van der Waals surface area contributed by atoms with Crippen molar-refractivity contribution in [3.05, 3.63) is 265 Å². The van der Waals surface area contributed by atoms with Crippen molar-refractivity contribution in [2.24, 2.45) is 0 Å². The fourth-order valence-corrected chi connectivity index (χ4v) is 11.0. The van der Waals surface area contributed by atoms with Crippen molar-refractivity contribution in [3.8, 4) is 22.3 Å². The standard InChI is InChI=1S/C61H40N2/c1-3-22-45(23-4-1)62(47-36-34-41-18-7-9-20-43(41)38-47)57-33-17-32-55-60(57)52-29-14-16-31-54(52)61(55)53-30-15-13-28-51(53)59-50-27-12-11-26-49(50)58(40-56(59)61)63(46-24-5-2-6-25-46)48-37-35-42-19-8-10-21-44(42)39-48/h1-40H. The summed E-state index contributed by atoms with van der Waals surface area (Å²) < 4.78 is 0. The molecule has 0 radical (unpaired) electrons. The van der Waals surface area contributed by atoms with Crippen molar-refractivity contribution in [1.29, 1.82) is 0 Å². The van der Waals surface area contributed by atoms with Gasteiger partial charge in [0, 0.05) is 33.7 Å². The minimum Gasteiger partial charge on any atom is -0.310 e. The number of nitrogens with zero attached hydrogens (tertiary/aromatic N) is 2. The number of para-hydroxylation sites is 2. The molecule has 0 bridgehead atoms. The molecule has 294 valence electrons. The number of fused-ring (bicyclic) bond motifs is 14. The number of benzene rings is 11. The molecule has 0 amide bonds. The molecule has 1 atom stereocenters. The summed E-state index contributed by atoms with van der Waals surface area (Å²) in [5, 5.41) is 7.35. The van der Waals surface area contributed by atoms with Gasteiger partial charge < -0.3 is 9.80 Å². The smallest absolute Gasteiger partial charge is 0.0727 e. The Hall–Kier alpha value is -8.20. The molecule has 0 saturated heterocycles. The van der Waals surface area contributed by atoms with Crippen LogP contribution in [0.3, 0.4) is 0 Å². The molecule has 2 nitrogen and oxygen atoms in total. The van der Waals surface area contributed by atoms with E-state index in [1.54, 1.807) is 0 Å². The van der Waals surface area contributed by atoms with Crippen molar-refractivity contribution in [1.82, 2.24) is 0 Å². The topological polar surface area (TPSA) is 6.48 Å². The first-order valence-corrected chi connectivity index (χ1v) is 21.8. The molecule has 0 saturated carbocycles. The molecular weight excluding hydrogens is 761 g/mol. The Kier molecular flexibility index (Phi) is 7.85. The highest BCUT2D eigenvalue weighted by molar-refractivity contribution is 6.13. The molecule has 0 aromatic heterocycles. The fourth-order valence-electron chi connectivity index (χ4n) is 11.0. The van der Waals surface area contributed by atoms with Gasteiger partial charge in [-0.15, -0.1) is 0 Å². The first kappa shape index (κ1) is 35.5. The van der Waals surface area contributed by atoms with Crippen molar-refractivity contribution in [2.45, 2.75) is 5.41 Å². The summed E-state index contributed by atoms with van der Waals surface area (Å²) in [6.45, 7) is 0. The van der Waals surface area contributed by atoms with Crippen molar-refractivity contribution < 1.29 is 0 Å². The van der Waals surface area contributed by atoms with Crippen molar-refractivity contribution >= 4 is 66.4 Å². The van der Waals surface area contributed by atoms with Crippen LogP contribution >= 0.6 is 0 Å². The summed E-state index contributed by atoms with van der Waals surface area (Å²) in [6, 6.07) is 89.7. The summed E-state index contributed by atoms with van der Waals surface area (Å²) in [5.74, 6) is 0. The van der Waals surface area contributed by atoms with E-state index in [-0.39, 0.29) is 0 Å². The largest absolute Gasteiger partial charge is 0.310 e. The Bertz CT molecular complexity index is 3590. The van der Waals surface area contributed by atoms with Gasteiger partial charge in [-0.25, -0.2) is 0 Å². The maximum Gasteiger partial charge on any atom is 0.0727 e. The van der Waals surface area contributed by atoms with E-state index in [2.05, 4.69) is 252 Å². The van der Waals surface area contributed by atoms with Gasteiger partial charge >= 0.3 is 0 Å². The van der Waals surface area contributed by atoms with E-state index in [9.17, 15) is 0 Å². The van der Waals surface area contributed by atoms with Crippen LogP contribution in [0.15, 0.2) is 243 Å². The second-order valence-electron chi connectivity index (χ2n) is 16.8. The Morgan fingerprint density at radius 2 is 0.714 bits per heavy atom. The zero-order chi connectivity index (χ0) is 41.5. The summed E-state index contributed by atoms with van der Waals surface area (Å²) in [6.07, 6.45) is 0. The lowest BCUT2D eigenvalue weighted by molar-refractivity contribution is 0.794. The average Bonchev–Trinajstić information content (AvgIpc) is 3.83. The van der Waals surface area contributed by atoms with Crippen LogP contribution in [0.5, 0.6) is 0 Å². The van der Waals surface area contributed by atoms with Crippen molar-refractivity contribution in [2.75, 3.05) is 9.80 Å². The molecule has 63 heavy (non-hydrogen) atoms. The fraction of sp³-hybridized carbons (Fsp3) is 0.0164. The zero-order valence-electron chi connectivity index (χ0n) is 34.5. The van der Waals surface area contributed by atoms with Gasteiger partial charge in [0.2, 0.25) is 0 Å². The first-order chi connectivity index (χ1) is 31.3. The lowest BCUT2D eigenvalue weighted by atomic mass is 9.70. The second-order valence-corrected chi connectivity index (χ2v) is 16.8. The summed E-state index contributed by atoms with van der Waals surface area (Å²) >= 11 is 0. The zero-order valence-corrected chi connectivity index (χ0v) is 34.5. The Labute approximate surface area is 367 Å². The Balaban J connectivity index is 1.13. The van der Waals surface area contributed by atoms with Crippen LogP contribution in [0.4, 0.5) is 34.1 Å². The quantitative estimate of drug-likeness (QED) is 0.165. The van der Waals surface area contributed by atoms with Crippen molar-refractivity contribution in [3.63, 3.8) is 0 Å². The molecule has 0 heterocycles. The van der Waals surface area contributed by atoms with Crippen LogP contribution in [0.1, 0.15) is 22.3 Å². The van der Waals surface area contributed by atoms with Gasteiger partial charge in [0.15, 0.2) is 0 Å². The van der Waals surface area contributed by atoms with Gasteiger partial charge in [-0.05, 0) is 127 Å². The lowest BCUT2D eigenvalue weighted by Crippen LogP contribution is -2.26. The molecule has 1 unspecified atom stereocenters. The normalized spacial score (nSPS) is 14.4. The Morgan fingerprint density at radius 3 is 1.32 bits per heavy atom. The minimum atomic E-state index is -0.593. The molecule has 11 aromatic carbocycles.